The summed E-state index contributed by atoms with van der Waals surface area (Å²) in [6.45, 7) is 1.81. The zero-order chi connectivity index (χ0) is 18.6. The normalized spacial score (nSPS) is 17.0. The summed E-state index contributed by atoms with van der Waals surface area (Å²) in [5.74, 6) is -0.297. The minimum Gasteiger partial charge on any atom is -0.493 e. The number of benzene rings is 1. The SMILES string of the molecule is COc1ccc(C2(C(=O)N(C)CC(C)C(=O)O)CCCC2)cc1OC. The summed E-state index contributed by atoms with van der Waals surface area (Å²) in [6.07, 6.45) is 3.46. The van der Waals surface area contributed by atoms with Crippen LogP contribution < -0.4 is 9.47 Å². The number of amides is 1. The lowest BCUT2D eigenvalue weighted by molar-refractivity contribution is -0.143. The predicted octanol–water partition coefficient (Wildman–Crippen LogP) is 2.69. The van der Waals surface area contributed by atoms with Crippen molar-refractivity contribution in [2.45, 2.75) is 38.0 Å². The van der Waals surface area contributed by atoms with Crippen molar-refractivity contribution in [1.82, 2.24) is 4.90 Å². The zero-order valence-electron chi connectivity index (χ0n) is 15.4. The largest absolute Gasteiger partial charge is 0.493 e. The van der Waals surface area contributed by atoms with Crippen LogP contribution in [0.25, 0.3) is 0 Å². The molecule has 2 rings (SSSR count). The molecule has 1 N–H and O–H groups in total. The van der Waals surface area contributed by atoms with Gasteiger partial charge in [0.2, 0.25) is 5.91 Å². The first-order valence-electron chi connectivity index (χ1n) is 8.56. The lowest BCUT2D eigenvalue weighted by Crippen LogP contribution is -2.45. The van der Waals surface area contributed by atoms with Gasteiger partial charge in [-0.3, -0.25) is 9.59 Å². The molecule has 1 aromatic rings. The molecule has 1 aliphatic carbocycles. The van der Waals surface area contributed by atoms with Crippen molar-refractivity contribution in [2.24, 2.45) is 5.92 Å². The third kappa shape index (κ3) is 3.72. The standard InChI is InChI=1S/C19H27NO5/c1-13(17(21)22)12-20(2)18(23)19(9-5-6-10-19)14-7-8-15(24-3)16(11-14)25-4/h7-8,11,13H,5-6,9-10,12H2,1-4H3,(H,21,22). The Morgan fingerprint density at radius 1 is 1.20 bits per heavy atom. The summed E-state index contributed by atoms with van der Waals surface area (Å²) in [5, 5.41) is 9.12. The van der Waals surface area contributed by atoms with E-state index in [2.05, 4.69) is 0 Å². The molecule has 0 radical (unpaired) electrons. The number of nitrogens with zero attached hydrogens (tertiary/aromatic N) is 1. The van der Waals surface area contributed by atoms with E-state index in [0.29, 0.717) is 11.5 Å². The van der Waals surface area contributed by atoms with Gasteiger partial charge in [0.05, 0.1) is 25.6 Å². The first-order chi connectivity index (χ1) is 11.9. The highest BCUT2D eigenvalue weighted by Crippen LogP contribution is 2.44. The molecule has 6 nitrogen and oxygen atoms in total. The Bertz CT molecular complexity index is 637. The van der Waals surface area contributed by atoms with E-state index in [4.69, 9.17) is 14.6 Å². The molecule has 0 spiro atoms. The maximum Gasteiger partial charge on any atom is 0.308 e. The van der Waals surface area contributed by atoms with Crippen molar-refractivity contribution in [2.75, 3.05) is 27.8 Å². The van der Waals surface area contributed by atoms with E-state index < -0.39 is 17.3 Å². The number of rotatable bonds is 7. The molecule has 1 atom stereocenters. The molecule has 1 aliphatic rings. The van der Waals surface area contributed by atoms with Gasteiger partial charge in [-0.25, -0.2) is 0 Å². The maximum absolute atomic E-state index is 13.2. The smallest absolute Gasteiger partial charge is 0.308 e. The van der Waals surface area contributed by atoms with Gasteiger partial charge >= 0.3 is 5.97 Å². The van der Waals surface area contributed by atoms with Crippen LogP contribution in [-0.2, 0) is 15.0 Å². The lowest BCUT2D eigenvalue weighted by Gasteiger charge is -2.34. The van der Waals surface area contributed by atoms with Crippen LogP contribution in [0.1, 0.15) is 38.2 Å². The van der Waals surface area contributed by atoms with Gasteiger partial charge in [-0.05, 0) is 30.5 Å². The summed E-state index contributed by atoms with van der Waals surface area (Å²) in [7, 11) is 4.84. The number of hydrogen-bond donors (Lipinski definition) is 1. The highest BCUT2D eigenvalue weighted by Gasteiger charge is 2.44. The van der Waals surface area contributed by atoms with Crippen molar-refractivity contribution in [1.29, 1.82) is 0 Å². The number of carboxylic acids is 1. The molecule has 0 aliphatic heterocycles. The van der Waals surface area contributed by atoms with Crippen LogP contribution in [-0.4, -0.2) is 49.7 Å². The van der Waals surface area contributed by atoms with E-state index in [1.807, 2.05) is 18.2 Å². The van der Waals surface area contributed by atoms with E-state index in [1.54, 1.807) is 33.1 Å². The number of methoxy groups -OCH3 is 2. The predicted molar refractivity (Wildman–Crippen MR) is 94.1 cm³/mol. The first-order valence-corrected chi connectivity index (χ1v) is 8.56. The second-order valence-electron chi connectivity index (χ2n) is 6.78. The molecular formula is C19H27NO5. The molecular weight excluding hydrogens is 322 g/mol. The minimum absolute atomic E-state index is 0.0229. The molecule has 0 bridgehead atoms. The summed E-state index contributed by atoms with van der Waals surface area (Å²) in [4.78, 5) is 25.9. The highest BCUT2D eigenvalue weighted by atomic mass is 16.5. The van der Waals surface area contributed by atoms with E-state index in [0.717, 1.165) is 31.2 Å². The molecule has 1 unspecified atom stereocenters. The van der Waals surface area contributed by atoms with Crippen LogP contribution in [0.5, 0.6) is 11.5 Å². The Hall–Kier alpha value is -2.24. The molecule has 25 heavy (non-hydrogen) atoms. The monoisotopic (exact) mass is 349 g/mol. The Kier molecular flexibility index (Phi) is 5.93. The van der Waals surface area contributed by atoms with Crippen molar-refractivity contribution in [3.8, 4) is 11.5 Å². The third-order valence-electron chi connectivity index (χ3n) is 5.12. The zero-order valence-corrected chi connectivity index (χ0v) is 15.4. The minimum atomic E-state index is -0.897. The summed E-state index contributed by atoms with van der Waals surface area (Å²) < 4.78 is 10.7. The number of hydrogen-bond acceptors (Lipinski definition) is 4. The van der Waals surface area contributed by atoms with Gasteiger partial charge in [0, 0.05) is 13.6 Å². The topological polar surface area (TPSA) is 76.1 Å². The van der Waals surface area contributed by atoms with Crippen molar-refractivity contribution >= 4 is 11.9 Å². The second-order valence-corrected chi connectivity index (χ2v) is 6.78. The van der Waals surface area contributed by atoms with E-state index in [9.17, 15) is 9.59 Å². The maximum atomic E-state index is 13.2. The van der Waals surface area contributed by atoms with Crippen LogP contribution in [0, 0.1) is 5.92 Å². The average molecular weight is 349 g/mol. The van der Waals surface area contributed by atoms with Crippen LogP contribution >= 0.6 is 0 Å². The van der Waals surface area contributed by atoms with Crippen LogP contribution in [0.4, 0.5) is 0 Å². The fourth-order valence-corrected chi connectivity index (χ4v) is 3.68. The molecule has 0 aromatic heterocycles. The highest BCUT2D eigenvalue weighted by molar-refractivity contribution is 5.89. The van der Waals surface area contributed by atoms with E-state index >= 15 is 0 Å². The second kappa shape index (κ2) is 7.76. The van der Waals surface area contributed by atoms with E-state index in [-0.39, 0.29) is 12.5 Å². The molecule has 1 fully saturated rings. The number of carbonyl (C=O) groups excluding carboxylic acids is 1. The molecule has 0 saturated heterocycles. The van der Waals surface area contributed by atoms with Gasteiger partial charge < -0.3 is 19.5 Å². The van der Waals surface area contributed by atoms with Crippen molar-refractivity contribution < 1.29 is 24.2 Å². The Labute approximate surface area is 148 Å². The number of likely N-dealkylation sites (N-methyl/N-ethyl adjacent to an activating group) is 1. The van der Waals surface area contributed by atoms with Crippen LogP contribution in [0.15, 0.2) is 18.2 Å². The van der Waals surface area contributed by atoms with Crippen molar-refractivity contribution in [3.63, 3.8) is 0 Å². The van der Waals surface area contributed by atoms with Gasteiger partial charge in [-0.2, -0.15) is 0 Å². The molecule has 6 heteroatoms. The quantitative estimate of drug-likeness (QED) is 0.819. The average Bonchev–Trinajstić information content (AvgIpc) is 3.11. The van der Waals surface area contributed by atoms with Gasteiger partial charge in [0.1, 0.15) is 0 Å². The Morgan fingerprint density at radius 3 is 2.32 bits per heavy atom. The summed E-state index contributed by atoms with van der Waals surface area (Å²) in [5.41, 5.74) is 0.287. The molecule has 138 valence electrons. The number of aliphatic carboxylic acids is 1. The van der Waals surface area contributed by atoms with Crippen LogP contribution in [0.3, 0.4) is 0 Å². The number of carbonyl (C=O) groups is 2. The lowest BCUT2D eigenvalue weighted by atomic mass is 9.77. The van der Waals surface area contributed by atoms with Gasteiger partial charge in [-0.1, -0.05) is 25.8 Å². The summed E-state index contributed by atoms with van der Waals surface area (Å²) >= 11 is 0. The Balaban J connectivity index is 2.35. The molecule has 0 heterocycles. The van der Waals surface area contributed by atoms with Crippen LogP contribution in [0.2, 0.25) is 0 Å². The third-order valence-corrected chi connectivity index (χ3v) is 5.12. The van der Waals surface area contributed by atoms with Gasteiger partial charge in [0.25, 0.3) is 0 Å². The van der Waals surface area contributed by atoms with E-state index in [1.165, 1.54) is 0 Å². The number of carboxylic acid groups (broad SMARTS) is 1. The van der Waals surface area contributed by atoms with Gasteiger partial charge in [-0.15, -0.1) is 0 Å². The van der Waals surface area contributed by atoms with Gasteiger partial charge in [0.15, 0.2) is 11.5 Å². The summed E-state index contributed by atoms with van der Waals surface area (Å²) in [6, 6.07) is 5.61. The first kappa shape index (κ1) is 19.1. The fraction of sp³-hybridized carbons (Fsp3) is 0.579. The Morgan fingerprint density at radius 2 is 1.80 bits per heavy atom. The fourth-order valence-electron chi connectivity index (χ4n) is 3.68. The molecule has 1 saturated carbocycles. The molecule has 1 aromatic carbocycles. The molecule has 1 amide bonds. The van der Waals surface area contributed by atoms with Crippen molar-refractivity contribution in [3.05, 3.63) is 23.8 Å². The number of ether oxygens (including phenoxy) is 2.